The normalized spacial score (nSPS) is 23.3. The standard InChI is InChI=1S/C16H20N4O4/c1-10-4-3-5-14(11(10)2)18-15(21)9-19-8-13(20(23)24)6-12(7-17)16(19)22/h6,8,10-11,14H,3-5,9H2,1-2H3,(H,18,21)/t10-,11-,14+/m1/s1. The fraction of sp³-hybridized carbons (Fsp3) is 0.562. The molecule has 0 spiro atoms. The first kappa shape index (κ1) is 17.7. The summed E-state index contributed by atoms with van der Waals surface area (Å²) in [5.74, 6) is 0.460. The number of hydrogen-bond donors (Lipinski definition) is 1. The van der Waals surface area contributed by atoms with Crippen LogP contribution >= 0.6 is 0 Å². The Hall–Kier alpha value is -2.69. The quantitative estimate of drug-likeness (QED) is 0.663. The van der Waals surface area contributed by atoms with Gasteiger partial charge in [-0.15, -0.1) is 0 Å². The molecule has 1 aromatic rings. The molecule has 128 valence electrons. The van der Waals surface area contributed by atoms with E-state index in [0.717, 1.165) is 36.1 Å². The van der Waals surface area contributed by atoms with Crippen LogP contribution in [0.25, 0.3) is 0 Å². The number of nitrogens with one attached hydrogen (secondary N) is 1. The third-order valence-corrected chi connectivity index (χ3v) is 4.77. The van der Waals surface area contributed by atoms with Gasteiger partial charge in [-0.3, -0.25) is 24.3 Å². The van der Waals surface area contributed by atoms with Crippen molar-refractivity contribution in [3.05, 3.63) is 38.3 Å². The summed E-state index contributed by atoms with van der Waals surface area (Å²) in [5, 5.41) is 22.7. The smallest absolute Gasteiger partial charge is 0.287 e. The molecule has 1 amide bonds. The lowest BCUT2D eigenvalue weighted by Gasteiger charge is -2.34. The maximum absolute atomic E-state index is 12.2. The Kier molecular flexibility index (Phi) is 5.34. The second-order valence-corrected chi connectivity index (χ2v) is 6.36. The summed E-state index contributed by atoms with van der Waals surface area (Å²) in [7, 11) is 0. The summed E-state index contributed by atoms with van der Waals surface area (Å²) in [6, 6.07) is 2.58. The highest BCUT2D eigenvalue weighted by atomic mass is 16.6. The van der Waals surface area contributed by atoms with Gasteiger partial charge in [-0.1, -0.05) is 26.7 Å². The molecule has 0 aromatic carbocycles. The SMILES string of the molecule is C[C@@H]1[C@H](C)CCC[C@@H]1NC(=O)Cn1cc([N+](=O)[O-])cc(C#N)c1=O. The molecule has 1 fully saturated rings. The van der Waals surface area contributed by atoms with Crippen LogP contribution in [-0.2, 0) is 11.3 Å². The third kappa shape index (κ3) is 3.79. The number of amides is 1. The van der Waals surface area contributed by atoms with Gasteiger partial charge in [0.1, 0.15) is 18.2 Å². The molecule has 0 bridgehead atoms. The molecule has 0 saturated heterocycles. The number of aromatic nitrogens is 1. The Labute approximate surface area is 139 Å². The Morgan fingerprint density at radius 3 is 2.83 bits per heavy atom. The van der Waals surface area contributed by atoms with Crippen molar-refractivity contribution in [2.24, 2.45) is 11.8 Å². The fourth-order valence-electron chi connectivity index (χ4n) is 3.11. The molecule has 1 N–H and O–H groups in total. The van der Waals surface area contributed by atoms with Crippen LogP contribution < -0.4 is 10.9 Å². The Morgan fingerprint density at radius 2 is 2.21 bits per heavy atom. The molecule has 1 aliphatic rings. The molecule has 0 unspecified atom stereocenters. The van der Waals surface area contributed by atoms with Gasteiger partial charge >= 0.3 is 0 Å². The highest BCUT2D eigenvalue weighted by Gasteiger charge is 2.28. The zero-order valence-corrected chi connectivity index (χ0v) is 13.7. The predicted molar refractivity (Wildman–Crippen MR) is 86.2 cm³/mol. The van der Waals surface area contributed by atoms with Crippen LogP contribution in [0.4, 0.5) is 5.69 Å². The van der Waals surface area contributed by atoms with E-state index in [-0.39, 0.29) is 24.1 Å². The number of nitriles is 1. The number of nitrogens with zero attached hydrogens (tertiary/aromatic N) is 3. The second kappa shape index (κ2) is 7.25. The summed E-state index contributed by atoms with van der Waals surface area (Å²) in [6.45, 7) is 3.89. The van der Waals surface area contributed by atoms with E-state index in [1.165, 1.54) is 0 Å². The van der Waals surface area contributed by atoms with Crippen molar-refractivity contribution in [3.63, 3.8) is 0 Å². The van der Waals surface area contributed by atoms with Crippen molar-refractivity contribution < 1.29 is 9.72 Å². The molecule has 24 heavy (non-hydrogen) atoms. The van der Waals surface area contributed by atoms with Crippen molar-refractivity contribution in [2.75, 3.05) is 0 Å². The summed E-state index contributed by atoms with van der Waals surface area (Å²) < 4.78 is 0.920. The highest BCUT2D eigenvalue weighted by molar-refractivity contribution is 5.76. The molecule has 1 saturated carbocycles. The molecule has 8 heteroatoms. The first-order chi connectivity index (χ1) is 11.3. The minimum atomic E-state index is -0.705. The topological polar surface area (TPSA) is 118 Å². The van der Waals surface area contributed by atoms with Crippen LogP contribution in [-0.4, -0.2) is 21.4 Å². The monoisotopic (exact) mass is 332 g/mol. The summed E-state index contributed by atoms with van der Waals surface area (Å²) in [4.78, 5) is 34.5. The van der Waals surface area contributed by atoms with Crippen molar-refractivity contribution in [2.45, 2.75) is 45.7 Å². The third-order valence-electron chi connectivity index (χ3n) is 4.77. The zero-order chi connectivity index (χ0) is 17.9. The van der Waals surface area contributed by atoms with Crippen LogP contribution in [0.15, 0.2) is 17.1 Å². The van der Waals surface area contributed by atoms with E-state index in [9.17, 15) is 19.7 Å². The van der Waals surface area contributed by atoms with Gasteiger partial charge in [0.05, 0.1) is 11.1 Å². The van der Waals surface area contributed by atoms with Gasteiger partial charge in [-0.2, -0.15) is 5.26 Å². The van der Waals surface area contributed by atoms with E-state index in [0.29, 0.717) is 11.8 Å². The lowest BCUT2D eigenvalue weighted by atomic mass is 9.78. The van der Waals surface area contributed by atoms with Gasteiger partial charge in [0.15, 0.2) is 0 Å². The molecule has 3 atom stereocenters. The van der Waals surface area contributed by atoms with Crippen LogP contribution in [0, 0.1) is 33.3 Å². The molecular formula is C16H20N4O4. The van der Waals surface area contributed by atoms with Crippen molar-refractivity contribution in [1.82, 2.24) is 9.88 Å². The Morgan fingerprint density at radius 1 is 1.50 bits per heavy atom. The lowest BCUT2D eigenvalue weighted by molar-refractivity contribution is -0.385. The largest absolute Gasteiger partial charge is 0.352 e. The molecule has 2 rings (SSSR count). The van der Waals surface area contributed by atoms with Gasteiger partial charge in [0.25, 0.3) is 11.2 Å². The number of pyridine rings is 1. The first-order valence-corrected chi connectivity index (χ1v) is 7.91. The highest BCUT2D eigenvalue weighted by Crippen LogP contribution is 2.29. The van der Waals surface area contributed by atoms with Crippen LogP contribution in [0.2, 0.25) is 0 Å². The number of carbonyl (C=O) groups excluding carboxylic acids is 1. The average molecular weight is 332 g/mol. The lowest BCUT2D eigenvalue weighted by Crippen LogP contribution is -2.45. The van der Waals surface area contributed by atoms with E-state index in [1.807, 2.05) is 0 Å². The number of carbonyl (C=O) groups is 1. The van der Waals surface area contributed by atoms with Gasteiger partial charge in [0, 0.05) is 12.1 Å². The second-order valence-electron chi connectivity index (χ2n) is 6.36. The minimum absolute atomic E-state index is 0.0334. The van der Waals surface area contributed by atoms with Gasteiger partial charge in [-0.05, 0) is 18.3 Å². The van der Waals surface area contributed by atoms with E-state index in [1.54, 1.807) is 6.07 Å². The van der Waals surface area contributed by atoms with Crippen LogP contribution in [0.5, 0.6) is 0 Å². The fourth-order valence-corrected chi connectivity index (χ4v) is 3.11. The van der Waals surface area contributed by atoms with Gasteiger partial charge in [0.2, 0.25) is 5.91 Å². The molecular weight excluding hydrogens is 312 g/mol. The maximum atomic E-state index is 12.2. The van der Waals surface area contributed by atoms with Gasteiger partial charge < -0.3 is 5.32 Å². The molecule has 1 aromatic heterocycles. The Balaban J connectivity index is 2.17. The number of rotatable bonds is 4. The average Bonchev–Trinajstić information content (AvgIpc) is 2.53. The summed E-state index contributed by atoms with van der Waals surface area (Å²) in [5.41, 5.74) is -1.45. The molecule has 8 nitrogen and oxygen atoms in total. The van der Waals surface area contributed by atoms with Crippen molar-refractivity contribution in [3.8, 4) is 6.07 Å². The van der Waals surface area contributed by atoms with Crippen molar-refractivity contribution in [1.29, 1.82) is 5.26 Å². The van der Waals surface area contributed by atoms with Crippen LogP contribution in [0.1, 0.15) is 38.7 Å². The first-order valence-electron chi connectivity index (χ1n) is 7.91. The maximum Gasteiger partial charge on any atom is 0.287 e. The van der Waals surface area contributed by atoms with E-state index < -0.39 is 16.2 Å². The summed E-state index contributed by atoms with van der Waals surface area (Å²) in [6.07, 6.45) is 4.04. The number of hydrogen-bond acceptors (Lipinski definition) is 5. The molecule has 1 heterocycles. The van der Waals surface area contributed by atoms with Crippen molar-refractivity contribution >= 4 is 11.6 Å². The zero-order valence-electron chi connectivity index (χ0n) is 13.7. The molecule has 0 radical (unpaired) electrons. The predicted octanol–water partition coefficient (Wildman–Crippen LogP) is 1.57. The van der Waals surface area contributed by atoms with Gasteiger partial charge in [-0.25, -0.2) is 0 Å². The molecule has 1 aliphatic carbocycles. The van der Waals surface area contributed by atoms with E-state index in [2.05, 4.69) is 19.2 Å². The van der Waals surface area contributed by atoms with Crippen LogP contribution in [0.3, 0.4) is 0 Å². The minimum Gasteiger partial charge on any atom is -0.352 e. The Bertz CT molecular complexity index is 749. The van der Waals surface area contributed by atoms with E-state index >= 15 is 0 Å². The van der Waals surface area contributed by atoms with E-state index in [4.69, 9.17) is 5.26 Å². The number of nitro groups is 1. The summed E-state index contributed by atoms with van der Waals surface area (Å²) >= 11 is 0. The molecule has 0 aliphatic heterocycles.